The molecule has 37 heavy (non-hydrogen) atoms. The van der Waals surface area contributed by atoms with Gasteiger partial charge in [0, 0.05) is 25.5 Å². The van der Waals surface area contributed by atoms with Crippen molar-refractivity contribution in [2.75, 3.05) is 13.1 Å². The molecule has 0 spiro atoms. The first-order valence-electron chi connectivity index (χ1n) is 17.5. The summed E-state index contributed by atoms with van der Waals surface area (Å²) in [6.45, 7) is 9.46. The second kappa shape index (κ2) is 26.9. The number of rotatable bonds is 29. The summed E-state index contributed by atoms with van der Waals surface area (Å²) >= 11 is 0. The van der Waals surface area contributed by atoms with Gasteiger partial charge in [-0.25, -0.2) is 0 Å². The zero-order chi connectivity index (χ0) is 26.7. The monoisotopic (exact) mass is 519 g/mol. The van der Waals surface area contributed by atoms with Crippen molar-refractivity contribution in [2.24, 2.45) is 0 Å². The van der Waals surface area contributed by atoms with Crippen molar-refractivity contribution in [3.05, 3.63) is 12.4 Å². The molecule has 0 amide bonds. The van der Waals surface area contributed by atoms with Crippen LogP contribution in [0.2, 0.25) is 0 Å². The van der Waals surface area contributed by atoms with Crippen molar-refractivity contribution in [2.45, 2.75) is 200 Å². The molecule has 0 aromatic heterocycles. The van der Waals surface area contributed by atoms with Gasteiger partial charge in [-0.3, -0.25) is 0 Å². The third-order valence-electron chi connectivity index (χ3n) is 8.57. The van der Waals surface area contributed by atoms with Crippen LogP contribution < -0.4 is 0 Å². The molecule has 1 heterocycles. The molecule has 1 atom stereocenters. The zero-order valence-electron chi connectivity index (χ0n) is 26.1. The third kappa shape index (κ3) is 20.0. The lowest BCUT2D eigenvalue weighted by Gasteiger charge is -2.33. The number of hydrogen-bond donors (Lipinski definition) is 0. The van der Waals surface area contributed by atoms with Gasteiger partial charge in [0.2, 0.25) is 0 Å². The maximum absolute atomic E-state index is 2.70. The Morgan fingerprint density at radius 3 is 0.973 bits per heavy atom. The van der Waals surface area contributed by atoms with E-state index < -0.39 is 0 Å². The summed E-state index contributed by atoms with van der Waals surface area (Å²) in [7, 11) is 0. The van der Waals surface area contributed by atoms with Crippen LogP contribution in [0.5, 0.6) is 0 Å². The SMILES string of the molecule is CCCCCCCCCCCCCCN1C=CN(CCCCCC)C1CCCCCCCCCCCC. The highest BCUT2D eigenvalue weighted by atomic mass is 15.4. The Kier molecular flexibility index (Phi) is 25.0. The van der Waals surface area contributed by atoms with Gasteiger partial charge in [0.1, 0.15) is 6.17 Å². The summed E-state index contributed by atoms with van der Waals surface area (Å²) in [6.07, 6.45) is 44.0. The van der Waals surface area contributed by atoms with E-state index in [1.807, 2.05) is 0 Å². The van der Waals surface area contributed by atoms with Crippen molar-refractivity contribution in [3.8, 4) is 0 Å². The normalized spacial score (nSPS) is 15.4. The van der Waals surface area contributed by atoms with E-state index in [0.29, 0.717) is 6.17 Å². The molecule has 1 rings (SSSR count). The van der Waals surface area contributed by atoms with Gasteiger partial charge in [0.15, 0.2) is 0 Å². The highest BCUT2D eigenvalue weighted by Crippen LogP contribution is 2.24. The summed E-state index contributed by atoms with van der Waals surface area (Å²) in [4.78, 5) is 5.38. The Morgan fingerprint density at radius 1 is 0.351 bits per heavy atom. The van der Waals surface area contributed by atoms with Gasteiger partial charge >= 0.3 is 0 Å². The Balaban J connectivity index is 2.17. The molecule has 0 saturated carbocycles. The molecule has 0 N–H and O–H groups in total. The fraction of sp³-hybridized carbons (Fsp3) is 0.943. The summed E-state index contributed by atoms with van der Waals surface area (Å²) in [5.74, 6) is 0. The second-order valence-corrected chi connectivity index (χ2v) is 12.2. The molecule has 0 radical (unpaired) electrons. The van der Waals surface area contributed by atoms with Gasteiger partial charge in [-0.2, -0.15) is 0 Å². The molecule has 0 saturated heterocycles. The lowest BCUT2D eigenvalue weighted by atomic mass is 10.0. The zero-order valence-corrected chi connectivity index (χ0v) is 26.1. The summed E-state index contributed by atoms with van der Waals surface area (Å²) in [5.41, 5.74) is 0. The van der Waals surface area contributed by atoms with E-state index >= 15 is 0 Å². The van der Waals surface area contributed by atoms with Gasteiger partial charge in [0.25, 0.3) is 0 Å². The van der Waals surface area contributed by atoms with E-state index in [0.717, 1.165) is 0 Å². The Hall–Kier alpha value is -0.660. The first-order chi connectivity index (χ1) is 18.3. The van der Waals surface area contributed by atoms with E-state index in [-0.39, 0.29) is 0 Å². The van der Waals surface area contributed by atoms with E-state index in [1.54, 1.807) is 0 Å². The highest BCUT2D eigenvalue weighted by Gasteiger charge is 2.24. The lowest BCUT2D eigenvalue weighted by molar-refractivity contribution is 0.135. The molecule has 1 aliphatic heterocycles. The fourth-order valence-electron chi connectivity index (χ4n) is 6.01. The van der Waals surface area contributed by atoms with Crippen LogP contribution in [0.4, 0.5) is 0 Å². The predicted molar refractivity (Wildman–Crippen MR) is 168 cm³/mol. The van der Waals surface area contributed by atoms with Gasteiger partial charge in [-0.1, -0.05) is 168 Å². The number of hydrogen-bond acceptors (Lipinski definition) is 2. The van der Waals surface area contributed by atoms with Crippen molar-refractivity contribution in [3.63, 3.8) is 0 Å². The minimum Gasteiger partial charge on any atom is -0.356 e. The summed E-state index contributed by atoms with van der Waals surface area (Å²) < 4.78 is 0. The largest absolute Gasteiger partial charge is 0.356 e. The average Bonchev–Trinajstić information content (AvgIpc) is 3.29. The highest BCUT2D eigenvalue weighted by molar-refractivity contribution is 4.97. The molecule has 2 heteroatoms. The third-order valence-corrected chi connectivity index (χ3v) is 8.57. The quantitative estimate of drug-likeness (QED) is 0.0908. The molecule has 1 aliphatic rings. The molecular weight excluding hydrogens is 448 g/mol. The Bertz CT molecular complexity index is 474. The van der Waals surface area contributed by atoms with Crippen LogP contribution in [0.1, 0.15) is 194 Å². The van der Waals surface area contributed by atoms with Crippen LogP contribution in [0.25, 0.3) is 0 Å². The predicted octanol–water partition coefficient (Wildman–Crippen LogP) is 12.0. The van der Waals surface area contributed by atoms with Crippen LogP contribution in [0.3, 0.4) is 0 Å². The average molecular weight is 519 g/mol. The van der Waals surface area contributed by atoms with Crippen LogP contribution >= 0.6 is 0 Å². The van der Waals surface area contributed by atoms with Crippen molar-refractivity contribution < 1.29 is 0 Å². The first kappa shape index (κ1) is 34.4. The van der Waals surface area contributed by atoms with Gasteiger partial charge < -0.3 is 9.80 Å². The van der Waals surface area contributed by atoms with E-state index in [4.69, 9.17) is 0 Å². The van der Waals surface area contributed by atoms with E-state index in [2.05, 4.69) is 43.0 Å². The fourth-order valence-corrected chi connectivity index (χ4v) is 6.01. The maximum Gasteiger partial charge on any atom is 0.101 e. The molecule has 0 aliphatic carbocycles. The minimum atomic E-state index is 0.642. The van der Waals surface area contributed by atoms with Crippen LogP contribution in [-0.2, 0) is 0 Å². The van der Waals surface area contributed by atoms with Gasteiger partial charge in [-0.15, -0.1) is 0 Å². The topological polar surface area (TPSA) is 6.48 Å². The first-order valence-corrected chi connectivity index (χ1v) is 17.5. The van der Waals surface area contributed by atoms with Crippen molar-refractivity contribution in [1.29, 1.82) is 0 Å². The van der Waals surface area contributed by atoms with Crippen LogP contribution in [-0.4, -0.2) is 29.1 Å². The molecule has 0 aromatic carbocycles. The molecule has 0 fully saturated rings. The van der Waals surface area contributed by atoms with Crippen molar-refractivity contribution in [1.82, 2.24) is 9.80 Å². The standard InChI is InChI=1S/C35H70N2/c1-4-7-10-13-15-17-19-20-22-24-26-29-32-37-34-33-36(31-28-12-9-6-3)35(37)30-27-25-23-21-18-16-14-11-8-5-2/h33-35H,4-32H2,1-3H3. The second-order valence-electron chi connectivity index (χ2n) is 12.2. The number of unbranched alkanes of at least 4 members (excludes halogenated alkanes) is 23. The minimum absolute atomic E-state index is 0.642. The van der Waals surface area contributed by atoms with Crippen molar-refractivity contribution >= 4 is 0 Å². The summed E-state index contributed by atoms with van der Waals surface area (Å²) in [5, 5.41) is 0. The molecule has 1 unspecified atom stereocenters. The van der Waals surface area contributed by atoms with E-state index in [9.17, 15) is 0 Å². The van der Waals surface area contributed by atoms with Crippen LogP contribution in [0, 0.1) is 0 Å². The molecule has 0 bridgehead atoms. The molecular formula is C35H70N2. The Labute approximate surface area is 235 Å². The lowest BCUT2D eigenvalue weighted by Crippen LogP contribution is -2.39. The van der Waals surface area contributed by atoms with Gasteiger partial charge in [0.05, 0.1) is 0 Å². The molecule has 0 aromatic rings. The van der Waals surface area contributed by atoms with Gasteiger partial charge in [-0.05, 0) is 25.7 Å². The molecule has 2 nitrogen and oxygen atoms in total. The smallest absolute Gasteiger partial charge is 0.101 e. The number of nitrogens with zero attached hydrogens (tertiary/aromatic N) is 2. The molecule has 220 valence electrons. The Morgan fingerprint density at radius 2 is 0.622 bits per heavy atom. The maximum atomic E-state index is 2.70. The summed E-state index contributed by atoms with van der Waals surface area (Å²) in [6, 6.07) is 0. The van der Waals surface area contributed by atoms with Crippen LogP contribution in [0.15, 0.2) is 12.4 Å². The van der Waals surface area contributed by atoms with E-state index in [1.165, 1.54) is 186 Å².